The van der Waals surface area contributed by atoms with E-state index in [2.05, 4.69) is 20.8 Å². The zero-order valence-electron chi connectivity index (χ0n) is 11.5. The molecular formula is C15H13ClN4O2. The van der Waals surface area contributed by atoms with Gasteiger partial charge in [0.15, 0.2) is 0 Å². The molecule has 2 N–H and O–H groups in total. The lowest BCUT2D eigenvalue weighted by molar-refractivity contribution is -0.120. The van der Waals surface area contributed by atoms with Crippen molar-refractivity contribution in [3.05, 3.63) is 64.9 Å². The van der Waals surface area contributed by atoms with E-state index in [1.807, 2.05) is 6.07 Å². The minimum atomic E-state index is -0.436. The SMILES string of the molecule is O=C(CNC(=O)c1ccc(Cl)cc1)N/N=C/c1ccccn1. The Hall–Kier alpha value is -2.73. The van der Waals surface area contributed by atoms with E-state index >= 15 is 0 Å². The van der Waals surface area contributed by atoms with Crippen LogP contribution in [-0.2, 0) is 4.79 Å². The highest BCUT2D eigenvalue weighted by Crippen LogP contribution is 2.09. The zero-order chi connectivity index (χ0) is 15.8. The van der Waals surface area contributed by atoms with Crippen LogP contribution < -0.4 is 10.7 Å². The average molecular weight is 317 g/mol. The summed E-state index contributed by atoms with van der Waals surface area (Å²) >= 11 is 5.73. The third kappa shape index (κ3) is 4.99. The number of carbonyl (C=O) groups excluding carboxylic acids is 2. The number of pyridine rings is 1. The first kappa shape index (κ1) is 15.7. The Morgan fingerprint density at radius 1 is 1.18 bits per heavy atom. The fourth-order valence-corrected chi connectivity index (χ4v) is 1.65. The van der Waals surface area contributed by atoms with E-state index in [0.717, 1.165) is 0 Å². The van der Waals surface area contributed by atoms with Gasteiger partial charge in [-0.05, 0) is 36.4 Å². The van der Waals surface area contributed by atoms with Crippen molar-refractivity contribution in [2.24, 2.45) is 5.10 Å². The standard InChI is InChI=1S/C15H13ClN4O2/c16-12-6-4-11(5-7-12)15(22)18-10-14(21)20-19-9-13-3-1-2-8-17-13/h1-9H,10H2,(H,18,22)(H,20,21)/b19-9+. The molecule has 0 spiro atoms. The van der Waals surface area contributed by atoms with Crippen LogP contribution in [0.3, 0.4) is 0 Å². The Morgan fingerprint density at radius 3 is 2.64 bits per heavy atom. The molecule has 2 amide bonds. The van der Waals surface area contributed by atoms with Crippen LogP contribution in [0, 0.1) is 0 Å². The van der Waals surface area contributed by atoms with Gasteiger partial charge in [0.1, 0.15) is 0 Å². The van der Waals surface area contributed by atoms with Crippen LogP contribution in [0.2, 0.25) is 5.02 Å². The predicted molar refractivity (Wildman–Crippen MR) is 83.8 cm³/mol. The lowest BCUT2D eigenvalue weighted by atomic mass is 10.2. The highest BCUT2D eigenvalue weighted by atomic mass is 35.5. The summed E-state index contributed by atoms with van der Waals surface area (Å²) in [6.07, 6.45) is 3.04. The maximum atomic E-state index is 11.8. The summed E-state index contributed by atoms with van der Waals surface area (Å²) in [5.74, 6) is -0.796. The summed E-state index contributed by atoms with van der Waals surface area (Å²) < 4.78 is 0. The molecule has 0 saturated carbocycles. The third-order valence-electron chi connectivity index (χ3n) is 2.59. The second-order valence-corrected chi connectivity index (χ2v) is 4.67. The Balaban J connectivity index is 1.77. The molecule has 2 aromatic rings. The van der Waals surface area contributed by atoms with Crippen molar-refractivity contribution >= 4 is 29.6 Å². The first-order valence-corrected chi connectivity index (χ1v) is 6.79. The molecule has 0 aliphatic rings. The molecule has 1 aromatic heterocycles. The highest BCUT2D eigenvalue weighted by molar-refractivity contribution is 6.30. The summed E-state index contributed by atoms with van der Waals surface area (Å²) in [4.78, 5) is 27.3. The molecule has 0 saturated heterocycles. The summed E-state index contributed by atoms with van der Waals surface area (Å²) in [5.41, 5.74) is 3.35. The molecule has 6 nitrogen and oxygen atoms in total. The average Bonchev–Trinajstić information content (AvgIpc) is 2.54. The van der Waals surface area contributed by atoms with Crippen LogP contribution >= 0.6 is 11.6 Å². The van der Waals surface area contributed by atoms with Gasteiger partial charge in [-0.3, -0.25) is 14.6 Å². The number of hydrazone groups is 1. The van der Waals surface area contributed by atoms with Gasteiger partial charge in [0.25, 0.3) is 11.8 Å². The summed E-state index contributed by atoms with van der Waals surface area (Å²) in [5, 5.41) is 6.77. The first-order valence-electron chi connectivity index (χ1n) is 6.42. The van der Waals surface area contributed by atoms with Crippen LogP contribution in [-0.4, -0.2) is 29.6 Å². The van der Waals surface area contributed by atoms with Gasteiger partial charge in [-0.1, -0.05) is 17.7 Å². The van der Waals surface area contributed by atoms with Gasteiger partial charge in [0.2, 0.25) is 0 Å². The molecule has 0 aliphatic heterocycles. The molecule has 0 atom stereocenters. The largest absolute Gasteiger partial charge is 0.343 e. The normalized spacial score (nSPS) is 10.4. The van der Waals surface area contributed by atoms with Crippen LogP contribution in [0.4, 0.5) is 0 Å². The van der Waals surface area contributed by atoms with Gasteiger partial charge in [-0.25, -0.2) is 5.43 Å². The van der Waals surface area contributed by atoms with Crippen molar-refractivity contribution in [2.75, 3.05) is 6.54 Å². The van der Waals surface area contributed by atoms with Crippen molar-refractivity contribution in [3.63, 3.8) is 0 Å². The van der Waals surface area contributed by atoms with Crippen molar-refractivity contribution in [1.29, 1.82) is 0 Å². The summed E-state index contributed by atoms with van der Waals surface area (Å²) in [6.45, 7) is -0.180. The van der Waals surface area contributed by atoms with E-state index in [-0.39, 0.29) is 12.5 Å². The maximum absolute atomic E-state index is 11.8. The molecule has 0 bridgehead atoms. The van der Waals surface area contributed by atoms with Crippen LogP contribution in [0.5, 0.6) is 0 Å². The number of benzene rings is 1. The van der Waals surface area contributed by atoms with Crippen molar-refractivity contribution in [1.82, 2.24) is 15.7 Å². The van der Waals surface area contributed by atoms with E-state index in [4.69, 9.17) is 11.6 Å². The molecule has 22 heavy (non-hydrogen) atoms. The van der Waals surface area contributed by atoms with Gasteiger partial charge >= 0.3 is 0 Å². The number of aromatic nitrogens is 1. The zero-order valence-corrected chi connectivity index (χ0v) is 12.2. The molecule has 0 radical (unpaired) electrons. The number of hydrogen-bond donors (Lipinski definition) is 2. The van der Waals surface area contributed by atoms with Crippen LogP contribution in [0.1, 0.15) is 16.1 Å². The van der Waals surface area contributed by atoms with E-state index in [1.165, 1.54) is 6.21 Å². The third-order valence-corrected chi connectivity index (χ3v) is 2.84. The monoisotopic (exact) mass is 316 g/mol. The van der Waals surface area contributed by atoms with E-state index in [1.54, 1.807) is 42.6 Å². The second-order valence-electron chi connectivity index (χ2n) is 4.24. The van der Waals surface area contributed by atoms with Gasteiger partial charge in [0, 0.05) is 16.8 Å². The van der Waals surface area contributed by atoms with E-state index < -0.39 is 5.91 Å². The van der Waals surface area contributed by atoms with Crippen LogP contribution in [0.15, 0.2) is 53.8 Å². The van der Waals surface area contributed by atoms with E-state index in [0.29, 0.717) is 16.3 Å². The lowest BCUT2D eigenvalue weighted by Crippen LogP contribution is -2.34. The smallest absolute Gasteiger partial charge is 0.259 e. The maximum Gasteiger partial charge on any atom is 0.259 e. The molecule has 0 aliphatic carbocycles. The topological polar surface area (TPSA) is 83.5 Å². The Bertz CT molecular complexity index is 672. The molecule has 1 heterocycles. The molecule has 112 valence electrons. The predicted octanol–water partition coefficient (Wildman–Crippen LogP) is 1.62. The van der Waals surface area contributed by atoms with Crippen molar-refractivity contribution in [3.8, 4) is 0 Å². The number of halogens is 1. The minimum absolute atomic E-state index is 0.180. The summed E-state index contributed by atoms with van der Waals surface area (Å²) in [6, 6.07) is 11.7. The van der Waals surface area contributed by atoms with Crippen LogP contribution in [0.25, 0.3) is 0 Å². The summed E-state index contributed by atoms with van der Waals surface area (Å²) in [7, 11) is 0. The van der Waals surface area contributed by atoms with Gasteiger partial charge in [0.05, 0.1) is 18.5 Å². The van der Waals surface area contributed by atoms with Gasteiger partial charge in [-0.15, -0.1) is 0 Å². The minimum Gasteiger partial charge on any atom is -0.343 e. The number of rotatable bonds is 5. The quantitative estimate of drug-likeness (QED) is 0.649. The number of nitrogens with zero attached hydrogens (tertiary/aromatic N) is 2. The number of hydrogen-bond acceptors (Lipinski definition) is 4. The van der Waals surface area contributed by atoms with E-state index in [9.17, 15) is 9.59 Å². The number of amides is 2. The first-order chi connectivity index (χ1) is 10.6. The molecule has 0 unspecified atom stereocenters. The Labute approximate surface area is 132 Å². The molecule has 1 aromatic carbocycles. The number of carbonyl (C=O) groups is 2. The second kappa shape index (κ2) is 7.90. The van der Waals surface area contributed by atoms with Crippen molar-refractivity contribution < 1.29 is 9.59 Å². The molecule has 7 heteroatoms. The fourth-order valence-electron chi connectivity index (χ4n) is 1.53. The molecular weight excluding hydrogens is 304 g/mol. The number of nitrogens with one attached hydrogen (secondary N) is 2. The van der Waals surface area contributed by atoms with Crippen molar-refractivity contribution in [2.45, 2.75) is 0 Å². The van der Waals surface area contributed by atoms with Gasteiger partial charge in [-0.2, -0.15) is 5.10 Å². The fraction of sp³-hybridized carbons (Fsp3) is 0.0667. The highest BCUT2D eigenvalue weighted by Gasteiger charge is 2.07. The Morgan fingerprint density at radius 2 is 1.95 bits per heavy atom. The van der Waals surface area contributed by atoms with Gasteiger partial charge < -0.3 is 5.32 Å². The Kier molecular flexibility index (Phi) is 5.62. The lowest BCUT2D eigenvalue weighted by Gasteiger charge is -2.04. The molecule has 2 rings (SSSR count). The molecule has 0 fully saturated rings.